The van der Waals surface area contributed by atoms with E-state index >= 15 is 0 Å². The molecule has 1 aliphatic rings. The molecule has 40 heavy (non-hydrogen) atoms. The number of pyridine rings is 1. The first-order chi connectivity index (χ1) is 19.1. The van der Waals surface area contributed by atoms with Gasteiger partial charge in [-0.1, -0.05) is 11.3 Å². The number of piperazine rings is 1. The number of thiazole rings is 1. The number of hydrogen-bond donors (Lipinski definition) is 1. The van der Waals surface area contributed by atoms with Gasteiger partial charge in [-0.15, -0.1) is 0 Å². The van der Waals surface area contributed by atoms with Gasteiger partial charge in [0, 0.05) is 38.3 Å². The highest BCUT2D eigenvalue weighted by Crippen LogP contribution is 2.35. The molecule has 0 unspecified atom stereocenters. The lowest BCUT2D eigenvalue weighted by atomic mass is 10.1. The minimum atomic E-state index is -0.534. The summed E-state index contributed by atoms with van der Waals surface area (Å²) in [6, 6.07) is 10.2. The third kappa shape index (κ3) is 5.56. The Morgan fingerprint density at radius 3 is 2.50 bits per heavy atom. The van der Waals surface area contributed by atoms with E-state index < -0.39 is 5.60 Å². The van der Waals surface area contributed by atoms with Crippen molar-refractivity contribution in [2.75, 3.05) is 36.4 Å². The molecule has 4 heterocycles. The molecule has 0 radical (unpaired) electrons. The minimum absolute atomic E-state index is 0.298. The van der Waals surface area contributed by atoms with Crippen molar-refractivity contribution in [2.24, 2.45) is 0 Å². The van der Waals surface area contributed by atoms with Crippen LogP contribution in [0.1, 0.15) is 38.3 Å². The number of nitriles is 1. The van der Waals surface area contributed by atoms with Crippen LogP contribution in [-0.2, 0) is 11.3 Å². The molecule has 1 aliphatic heterocycles. The third-order valence-electron chi connectivity index (χ3n) is 6.54. The Bertz CT molecular complexity index is 1590. The summed E-state index contributed by atoms with van der Waals surface area (Å²) in [5.74, 6) is 0.376. The van der Waals surface area contributed by atoms with Crippen LogP contribution in [0.25, 0.3) is 22.3 Å². The molecule has 208 valence electrons. The molecular weight excluding hydrogens is 531 g/mol. The molecular formula is C28H31FN8O2S. The molecule has 0 bridgehead atoms. The predicted molar refractivity (Wildman–Crippen MR) is 153 cm³/mol. The van der Waals surface area contributed by atoms with Crippen LogP contribution in [0.4, 0.5) is 25.8 Å². The first kappa shape index (κ1) is 27.3. The fourth-order valence-corrected chi connectivity index (χ4v) is 5.41. The summed E-state index contributed by atoms with van der Waals surface area (Å²) in [5, 5.41) is 19.1. The van der Waals surface area contributed by atoms with Gasteiger partial charge < -0.3 is 19.9 Å². The number of amides is 1. The van der Waals surface area contributed by atoms with Crippen molar-refractivity contribution in [1.82, 2.24) is 24.6 Å². The number of rotatable bonds is 5. The van der Waals surface area contributed by atoms with Crippen LogP contribution in [0.5, 0.6) is 0 Å². The Kier molecular flexibility index (Phi) is 7.33. The molecule has 0 aliphatic carbocycles. The number of ether oxygens (including phenoxy) is 1. The molecule has 1 N–H and O–H groups in total. The maximum absolute atomic E-state index is 13.4. The van der Waals surface area contributed by atoms with Gasteiger partial charge in [-0.2, -0.15) is 10.4 Å². The van der Waals surface area contributed by atoms with Gasteiger partial charge >= 0.3 is 6.09 Å². The smallest absolute Gasteiger partial charge is 0.410 e. The maximum atomic E-state index is 13.4. The summed E-state index contributed by atoms with van der Waals surface area (Å²) in [6.07, 6.45) is -0.298. The van der Waals surface area contributed by atoms with E-state index in [0.29, 0.717) is 59.6 Å². The average molecular weight is 563 g/mol. The van der Waals surface area contributed by atoms with Crippen molar-refractivity contribution in [3.8, 4) is 17.3 Å². The van der Waals surface area contributed by atoms with Crippen molar-refractivity contribution in [1.29, 1.82) is 5.26 Å². The summed E-state index contributed by atoms with van der Waals surface area (Å²) in [5.41, 5.74) is 3.06. The zero-order valence-corrected chi connectivity index (χ0v) is 24.0. The van der Waals surface area contributed by atoms with Crippen molar-refractivity contribution in [3.63, 3.8) is 0 Å². The molecule has 1 amide bonds. The molecule has 3 aromatic heterocycles. The van der Waals surface area contributed by atoms with Gasteiger partial charge in [-0.05, 0) is 65.0 Å². The Hall–Kier alpha value is -4.24. The number of fused-ring (bicyclic) bond motifs is 1. The number of carbonyl (C=O) groups is 1. The van der Waals surface area contributed by atoms with Crippen molar-refractivity contribution in [3.05, 3.63) is 46.7 Å². The number of hydrogen-bond acceptors (Lipinski definition) is 9. The zero-order valence-electron chi connectivity index (χ0n) is 23.2. The third-order valence-corrected chi connectivity index (χ3v) is 7.41. The second-order valence-electron chi connectivity index (χ2n) is 10.5. The lowest BCUT2D eigenvalue weighted by Gasteiger charge is -2.37. The molecule has 1 fully saturated rings. The number of carbonyl (C=O) groups excluding carboxylic acids is 1. The van der Waals surface area contributed by atoms with Gasteiger partial charge in [0.1, 0.15) is 33.9 Å². The standard InChI is InChI=1S/C28H31FN8O2S/c1-6-37-25(33-26-32-23(22(16-30)40-26)18-7-9-19(29)10-8-18)20-15-21(17(2)31-24(20)34-37)35-11-13-36(14-12-35)27(38)39-28(3,4)5/h7-10,15H,6,11-14H2,1-5H3,(H,32,33). The van der Waals surface area contributed by atoms with E-state index in [1.807, 2.05) is 39.3 Å². The van der Waals surface area contributed by atoms with Crippen LogP contribution in [0.3, 0.4) is 0 Å². The van der Waals surface area contributed by atoms with Gasteiger partial charge in [0.2, 0.25) is 0 Å². The molecule has 12 heteroatoms. The number of nitrogens with zero attached hydrogens (tertiary/aromatic N) is 7. The van der Waals surface area contributed by atoms with Gasteiger partial charge in [-0.3, -0.25) is 0 Å². The van der Waals surface area contributed by atoms with E-state index in [2.05, 4.69) is 32.4 Å². The number of nitrogens with one attached hydrogen (secondary N) is 1. The van der Waals surface area contributed by atoms with Crippen LogP contribution in [0.15, 0.2) is 30.3 Å². The molecule has 0 saturated carbocycles. The Morgan fingerprint density at radius 2 is 1.88 bits per heavy atom. The summed E-state index contributed by atoms with van der Waals surface area (Å²) in [7, 11) is 0. The monoisotopic (exact) mass is 562 g/mol. The van der Waals surface area contributed by atoms with Gasteiger partial charge in [0.05, 0.1) is 16.8 Å². The number of aromatic nitrogens is 4. The molecule has 4 aromatic rings. The second kappa shape index (κ2) is 10.7. The SMILES string of the molecule is CCn1nc2nc(C)c(N3CCN(C(=O)OC(C)(C)C)CC3)cc2c1Nc1nc(-c2ccc(F)cc2)c(C#N)s1. The summed E-state index contributed by atoms with van der Waals surface area (Å²) in [6.45, 7) is 12.5. The van der Waals surface area contributed by atoms with Gasteiger partial charge in [0.15, 0.2) is 10.8 Å². The molecule has 10 nitrogen and oxygen atoms in total. The second-order valence-corrected chi connectivity index (χ2v) is 11.5. The van der Waals surface area contributed by atoms with Crippen LogP contribution < -0.4 is 10.2 Å². The lowest BCUT2D eigenvalue weighted by Crippen LogP contribution is -2.50. The Balaban J connectivity index is 1.43. The predicted octanol–water partition coefficient (Wildman–Crippen LogP) is 5.69. The summed E-state index contributed by atoms with van der Waals surface area (Å²) < 4.78 is 20.8. The quantitative estimate of drug-likeness (QED) is 0.330. The topological polar surface area (TPSA) is 112 Å². The van der Waals surface area contributed by atoms with Crippen molar-refractivity contribution < 1.29 is 13.9 Å². The highest BCUT2D eigenvalue weighted by atomic mass is 32.1. The first-order valence-corrected chi connectivity index (χ1v) is 13.9. The zero-order chi connectivity index (χ0) is 28.6. The Labute approximate surface area is 236 Å². The number of halogens is 1. The van der Waals surface area contributed by atoms with E-state index in [1.54, 1.807) is 17.0 Å². The highest BCUT2D eigenvalue weighted by Gasteiger charge is 2.27. The van der Waals surface area contributed by atoms with E-state index in [1.165, 1.54) is 23.5 Å². The highest BCUT2D eigenvalue weighted by molar-refractivity contribution is 7.16. The van der Waals surface area contributed by atoms with E-state index in [4.69, 9.17) is 9.72 Å². The van der Waals surface area contributed by atoms with Crippen LogP contribution in [0.2, 0.25) is 0 Å². The maximum Gasteiger partial charge on any atom is 0.410 e. The number of aryl methyl sites for hydroxylation is 2. The van der Waals surface area contributed by atoms with Gasteiger partial charge in [0.25, 0.3) is 0 Å². The van der Waals surface area contributed by atoms with Crippen LogP contribution in [0, 0.1) is 24.1 Å². The van der Waals surface area contributed by atoms with E-state index in [9.17, 15) is 14.4 Å². The fraction of sp³-hybridized carbons (Fsp3) is 0.393. The molecule has 1 saturated heterocycles. The molecule has 0 atom stereocenters. The van der Waals surface area contributed by atoms with E-state index in [-0.39, 0.29) is 11.9 Å². The lowest BCUT2D eigenvalue weighted by molar-refractivity contribution is 0.0240. The summed E-state index contributed by atoms with van der Waals surface area (Å²) in [4.78, 5) is 26.4. The molecule has 0 spiro atoms. The Morgan fingerprint density at radius 1 is 1.18 bits per heavy atom. The largest absolute Gasteiger partial charge is 0.444 e. The van der Waals surface area contributed by atoms with Crippen molar-refractivity contribution in [2.45, 2.75) is 46.8 Å². The van der Waals surface area contributed by atoms with Crippen molar-refractivity contribution >= 4 is 45.1 Å². The molecule has 5 rings (SSSR count). The van der Waals surface area contributed by atoms with Crippen LogP contribution >= 0.6 is 11.3 Å². The average Bonchev–Trinajstić information content (AvgIpc) is 3.48. The number of anilines is 3. The number of benzene rings is 1. The fourth-order valence-electron chi connectivity index (χ4n) is 4.63. The van der Waals surface area contributed by atoms with E-state index in [0.717, 1.165) is 22.6 Å². The minimum Gasteiger partial charge on any atom is -0.444 e. The normalized spacial score (nSPS) is 13.9. The summed E-state index contributed by atoms with van der Waals surface area (Å²) >= 11 is 1.23. The van der Waals surface area contributed by atoms with Gasteiger partial charge in [-0.25, -0.2) is 23.8 Å². The first-order valence-electron chi connectivity index (χ1n) is 13.1. The molecule has 1 aromatic carbocycles. The van der Waals surface area contributed by atoms with Crippen LogP contribution in [-0.4, -0.2) is 62.5 Å².